The SMILES string of the molecule is COc1ccccc1S(=O)(=O)N1CCC(C(=O)OCC(=O)NCc2ccc(Cl)cc2)(c2ccccc2)CC1. The maximum atomic E-state index is 13.5. The van der Waals surface area contributed by atoms with E-state index in [1.165, 1.54) is 17.5 Å². The van der Waals surface area contributed by atoms with Crippen LogP contribution in [-0.2, 0) is 36.3 Å². The van der Waals surface area contributed by atoms with Crippen molar-refractivity contribution in [3.8, 4) is 5.75 Å². The van der Waals surface area contributed by atoms with Crippen molar-refractivity contribution in [2.45, 2.75) is 29.7 Å². The number of sulfonamides is 1. The maximum Gasteiger partial charge on any atom is 0.317 e. The molecule has 1 aliphatic rings. The van der Waals surface area contributed by atoms with Gasteiger partial charge < -0.3 is 14.8 Å². The van der Waals surface area contributed by atoms with Crippen LogP contribution >= 0.6 is 11.6 Å². The van der Waals surface area contributed by atoms with Gasteiger partial charge in [0.15, 0.2) is 6.61 Å². The van der Waals surface area contributed by atoms with Crippen molar-refractivity contribution < 1.29 is 27.5 Å². The smallest absolute Gasteiger partial charge is 0.317 e. The fourth-order valence-electron chi connectivity index (χ4n) is 4.57. The van der Waals surface area contributed by atoms with E-state index in [1.807, 2.05) is 30.3 Å². The van der Waals surface area contributed by atoms with Gasteiger partial charge in [0.2, 0.25) is 10.0 Å². The van der Waals surface area contributed by atoms with Crippen LogP contribution in [0.4, 0.5) is 0 Å². The van der Waals surface area contributed by atoms with Crippen molar-refractivity contribution in [2.24, 2.45) is 0 Å². The van der Waals surface area contributed by atoms with Crippen LogP contribution < -0.4 is 10.1 Å². The van der Waals surface area contributed by atoms with Gasteiger partial charge in [-0.15, -0.1) is 0 Å². The molecule has 0 radical (unpaired) electrons. The molecule has 0 aliphatic carbocycles. The molecule has 3 aromatic rings. The number of hydrogen-bond acceptors (Lipinski definition) is 6. The lowest BCUT2D eigenvalue weighted by molar-refractivity contribution is -0.156. The van der Waals surface area contributed by atoms with Gasteiger partial charge in [0.1, 0.15) is 10.6 Å². The Hall–Kier alpha value is -3.40. The number of piperidine rings is 1. The van der Waals surface area contributed by atoms with Gasteiger partial charge in [-0.05, 0) is 48.2 Å². The Labute approximate surface area is 227 Å². The van der Waals surface area contributed by atoms with Gasteiger partial charge in [0.05, 0.1) is 12.5 Å². The van der Waals surface area contributed by atoms with Gasteiger partial charge in [-0.1, -0.05) is 66.2 Å². The molecule has 1 heterocycles. The van der Waals surface area contributed by atoms with E-state index in [0.29, 0.717) is 5.02 Å². The number of amides is 1. The molecule has 0 unspecified atom stereocenters. The van der Waals surface area contributed by atoms with Crippen molar-refractivity contribution in [1.29, 1.82) is 0 Å². The highest BCUT2D eigenvalue weighted by atomic mass is 35.5. The summed E-state index contributed by atoms with van der Waals surface area (Å²) in [6.07, 6.45) is 0.410. The molecule has 4 rings (SSSR count). The van der Waals surface area contributed by atoms with Crippen molar-refractivity contribution in [3.05, 3.63) is 95.0 Å². The second-order valence-electron chi connectivity index (χ2n) is 8.98. The second kappa shape index (κ2) is 12.0. The van der Waals surface area contributed by atoms with Gasteiger partial charge in [-0.25, -0.2) is 8.42 Å². The summed E-state index contributed by atoms with van der Waals surface area (Å²) >= 11 is 5.89. The predicted octanol–water partition coefficient (Wildman–Crippen LogP) is 3.93. The molecule has 0 spiro atoms. The van der Waals surface area contributed by atoms with Crippen LogP contribution in [0.5, 0.6) is 5.75 Å². The topological polar surface area (TPSA) is 102 Å². The lowest BCUT2D eigenvalue weighted by Crippen LogP contribution is -2.50. The van der Waals surface area contributed by atoms with Gasteiger partial charge >= 0.3 is 5.97 Å². The van der Waals surface area contributed by atoms with Crippen molar-refractivity contribution in [3.63, 3.8) is 0 Å². The number of carbonyl (C=O) groups is 2. The molecule has 1 fully saturated rings. The Morgan fingerprint density at radius 3 is 2.24 bits per heavy atom. The number of methoxy groups -OCH3 is 1. The Kier molecular flexibility index (Phi) is 8.71. The number of ether oxygens (including phenoxy) is 2. The molecule has 0 atom stereocenters. The summed E-state index contributed by atoms with van der Waals surface area (Å²) in [5.74, 6) is -0.733. The summed E-state index contributed by atoms with van der Waals surface area (Å²) in [6, 6.07) is 22.6. The summed E-state index contributed by atoms with van der Waals surface area (Å²) < 4.78 is 38.9. The van der Waals surface area contributed by atoms with E-state index in [2.05, 4.69) is 5.32 Å². The van der Waals surface area contributed by atoms with Crippen molar-refractivity contribution in [1.82, 2.24) is 9.62 Å². The second-order valence-corrected chi connectivity index (χ2v) is 11.3. The zero-order valence-corrected chi connectivity index (χ0v) is 22.5. The van der Waals surface area contributed by atoms with E-state index in [1.54, 1.807) is 42.5 Å². The van der Waals surface area contributed by atoms with E-state index < -0.39 is 33.9 Å². The lowest BCUT2D eigenvalue weighted by Gasteiger charge is -2.39. The monoisotopic (exact) mass is 556 g/mol. The summed E-state index contributed by atoms with van der Waals surface area (Å²) in [4.78, 5) is 25.9. The highest BCUT2D eigenvalue weighted by molar-refractivity contribution is 7.89. The molecule has 10 heteroatoms. The molecule has 8 nitrogen and oxygen atoms in total. The van der Waals surface area contributed by atoms with Gasteiger partial charge in [-0.2, -0.15) is 4.31 Å². The Bertz CT molecular complexity index is 1370. The van der Waals surface area contributed by atoms with Gasteiger partial charge in [0.25, 0.3) is 5.91 Å². The number of hydrogen-bond donors (Lipinski definition) is 1. The third-order valence-corrected chi connectivity index (χ3v) is 8.91. The molecular formula is C28H29ClN2O6S. The van der Waals surface area contributed by atoms with Crippen molar-refractivity contribution >= 4 is 33.5 Å². The molecule has 1 aliphatic heterocycles. The molecule has 1 amide bonds. The standard InChI is InChI=1S/C28H29ClN2O6S/c1-36-24-9-5-6-10-25(24)38(34,35)31-17-15-28(16-18-31,22-7-3-2-4-8-22)27(33)37-20-26(32)30-19-21-11-13-23(29)14-12-21/h2-14H,15-20H2,1H3,(H,30,32). The molecule has 200 valence electrons. The fraction of sp³-hybridized carbons (Fsp3) is 0.286. The summed E-state index contributed by atoms with van der Waals surface area (Å²) in [5.41, 5.74) is 0.504. The third kappa shape index (κ3) is 6.01. The van der Waals surface area contributed by atoms with Crippen LogP contribution in [0.2, 0.25) is 5.02 Å². The minimum absolute atomic E-state index is 0.0784. The molecule has 1 N–H and O–H groups in total. The molecular weight excluding hydrogens is 528 g/mol. The van der Waals surface area contributed by atoms with E-state index in [9.17, 15) is 18.0 Å². The first-order valence-electron chi connectivity index (χ1n) is 12.1. The van der Waals surface area contributed by atoms with E-state index >= 15 is 0 Å². The minimum atomic E-state index is -3.84. The minimum Gasteiger partial charge on any atom is -0.495 e. The number of benzene rings is 3. The lowest BCUT2D eigenvalue weighted by atomic mass is 9.73. The largest absolute Gasteiger partial charge is 0.495 e. The zero-order chi connectivity index (χ0) is 27.2. The predicted molar refractivity (Wildman–Crippen MR) is 143 cm³/mol. The number of rotatable bonds is 9. The van der Waals surface area contributed by atoms with Crippen LogP contribution in [0.15, 0.2) is 83.8 Å². The maximum absolute atomic E-state index is 13.5. The molecule has 0 bridgehead atoms. The third-order valence-electron chi connectivity index (χ3n) is 6.72. The molecule has 1 saturated heterocycles. The zero-order valence-electron chi connectivity index (χ0n) is 20.9. The summed E-state index contributed by atoms with van der Waals surface area (Å²) in [6.45, 7) is 0.0393. The van der Waals surface area contributed by atoms with Crippen LogP contribution in [0.3, 0.4) is 0 Å². The average molecular weight is 557 g/mol. The first-order valence-corrected chi connectivity index (χ1v) is 14.0. The quantitative estimate of drug-likeness (QED) is 0.401. The summed E-state index contributed by atoms with van der Waals surface area (Å²) in [7, 11) is -2.42. The number of esters is 1. The van der Waals surface area contributed by atoms with Crippen LogP contribution in [0.1, 0.15) is 24.0 Å². The van der Waals surface area contributed by atoms with Crippen LogP contribution in [0, 0.1) is 0 Å². The fourth-order valence-corrected chi connectivity index (χ4v) is 6.29. The number of para-hydroxylation sites is 1. The molecule has 38 heavy (non-hydrogen) atoms. The highest BCUT2D eigenvalue weighted by Gasteiger charge is 2.46. The number of nitrogens with zero attached hydrogens (tertiary/aromatic N) is 1. The van der Waals surface area contributed by atoms with Crippen LogP contribution in [-0.4, -0.2) is 51.4 Å². The number of carbonyl (C=O) groups excluding carboxylic acids is 2. The Morgan fingerprint density at radius 1 is 0.947 bits per heavy atom. The Morgan fingerprint density at radius 2 is 1.58 bits per heavy atom. The summed E-state index contributed by atoms with van der Waals surface area (Å²) in [5, 5.41) is 3.33. The Balaban J connectivity index is 1.45. The highest BCUT2D eigenvalue weighted by Crippen LogP contribution is 2.39. The number of halogens is 1. The first kappa shape index (κ1) is 27.6. The molecule has 3 aromatic carbocycles. The molecule has 0 saturated carbocycles. The van der Waals surface area contributed by atoms with E-state index in [0.717, 1.165) is 11.1 Å². The average Bonchev–Trinajstić information content (AvgIpc) is 2.96. The van der Waals surface area contributed by atoms with E-state index in [4.69, 9.17) is 21.1 Å². The van der Waals surface area contributed by atoms with Gasteiger partial charge in [-0.3, -0.25) is 9.59 Å². The van der Waals surface area contributed by atoms with Crippen molar-refractivity contribution in [2.75, 3.05) is 26.8 Å². The molecule has 0 aromatic heterocycles. The van der Waals surface area contributed by atoms with Crippen LogP contribution in [0.25, 0.3) is 0 Å². The number of nitrogens with one attached hydrogen (secondary N) is 1. The van der Waals surface area contributed by atoms with E-state index in [-0.39, 0.29) is 43.1 Å². The first-order chi connectivity index (χ1) is 18.3. The normalized spacial score (nSPS) is 15.4. The van der Waals surface area contributed by atoms with Gasteiger partial charge in [0, 0.05) is 24.7 Å².